The van der Waals surface area contributed by atoms with Crippen molar-refractivity contribution in [3.8, 4) is 5.69 Å². The van der Waals surface area contributed by atoms with Crippen molar-refractivity contribution < 1.29 is 4.79 Å². The second kappa shape index (κ2) is 7.83. The van der Waals surface area contributed by atoms with E-state index in [4.69, 9.17) is 0 Å². The standard InChI is InChI=1S/C18H24N4OS/c1-13(2)14-7-9-16(10-8-14)22-12-19-21-18(22)24-11-17(23)20-15-5-3-4-6-15/h7-10,12-13,15H,3-6,11H2,1-2H3,(H,20,23). The monoisotopic (exact) mass is 344 g/mol. The first-order valence-electron chi connectivity index (χ1n) is 8.56. The van der Waals surface area contributed by atoms with E-state index in [1.165, 1.54) is 30.2 Å². The first-order chi connectivity index (χ1) is 11.6. The Bertz CT molecular complexity index is 675. The molecule has 1 aromatic heterocycles. The van der Waals surface area contributed by atoms with Crippen LogP contribution in [-0.2, 0) is 4.79 Å². The van der Waals surface area contributed by atoms with Gasteiger partial charge in [0.15, 0.2) is 5.16 Å². The highest BCUT2D eigenvalue weighted by Gasteiger charge is 2.18. The minimum Gasteiger partial charge on any atom is -0.353 e. The van der Waals surface area contributed by atoms with E-state index in [1.807, 2.05) is 4.57 Å². The number of hydrogen-bond acceptors (Lipinski definition) is 4. The van der Waals surface area contributed by atoms with Crippen molar-refractivity contribution in [1.82, 2.24) is 20.1 Å². The van der Waals surface area contributed by atoms with Crippen LogP contribution >= 0.6 is 11.8 Å². The summed E-state index contributed by atoms with van der Waals surface area (Å²) < 4.78 is 1.93. The lowest BCUT2D eigenvalue weighted by molar-refractivity contribution is -0.119. The Labute approximate surface area is 147 Å². The lowest BCUT2D eigenvalue weighted by Gasteiger charge is -2.12. The molecule has 0 spiro atoms. The van der Waals surface area contributed by atoms with Crippen molar-refractivity contribution in [3.05, 3.63) is 36.2 Å². The molecule has 1 amide bonds. The van der Waals surface area contributed by atoms with E-state index < -0.39 is 0 Å². The second-order valence-corrected chi connectivity index (χ2v) is 7.51. The molecule has 0 bridgehead atoms. The number of hydrogen-bond donors (Lipinski definition) is 1. The van der Waals surface area contributed by atoms with E-state index in [-0.39, 0.29) is 5.91 Å². The number of benzene rings is 1. The summed E-state index contributed by atoms with van der Waals surface area (Å²) in [4.78, 5) is 12.1. The average Bonchev–Trinajstić information content (AvgIpc) is 3.24. The molecular formula is C18H24N4OS. The highest BCUT2D eigenvalue weighted by molar-refractivity contribution is 7.99. The number of rotatable bonds is 6. The number of aromatic nitrogens is 3. The zero-order chi connectivity index (χ0) is 16.9. The molecule has 1 aromatic carbocycles. The summed E-state index contributed by atoms with van der Waals surface area (Å²) in [5, 5.41) is 12.0. The molecule has 128 valence electrons. The average molecular weight is 344 g/mol. The third kappa shape index (κ3) is 4.17. The van der Waals surface area contributed by atoms with E-state index in [0.29, 0.717) is 17.7 Å². The van der Waals surface area contributed by atoms with Gasteiger partial charge < -0.3 is 5.32 Å². The molecular weight excluding hydrogens is 320 g/mol. The van der Waals surface area contributed by atoms with Crippen LogP contribution in [0.1, 0.15) is 51.0 Å². The Balaban J connectivity index is 1.61. The van der Waals surface area contributed by atoms with Gasteiger partial charge in [0.25, 0.3) is 0 Å². The van der Waals surface area contributed by atoms with Crippen LogP contribution in [0.3, 0.4) is 0 Å². The topological polar surface area (TPSA) is 59.8 Å². The zero-order valence-corrected chi connectivity index (χ0v) is 15.1. The van der Waals surface area contributed by atoms with Gasteiger partial charge in [0, 0.05) is 11.7 Å². The van der Waals surface area contributed by atoms with E-state index in [2.05, 4.69) is 53.6 Å². The SMILES string of the molecule is CC(C)c1ccc(-n2cnnc2SCC(=O)NC2CCCC2)cc1. The van der Waals surface area contributed by atoms with Gasteiger partial charge in [-0.05, 0) is 36.5 Å². The molecule has 2 aromatic rings. The maximum Gasteiger partial charge on any atom is 0.230 e. The Morgan fingerprint density at radius 3 is 2.67 bits per heavy atom. The molecule has 0 radical (unpaired) electrons. The number of nitrogens with zero attached hydrogens (tertiary/aromatic N) is 3. The van der Waals surface area contributed by atoms with Gasteiger partial charge in [-0.1, -0.05) is 50.6 Å². The van der Waals surface area contributed by atoms with Gasteiger partial charge in [-0.3, -0.25) is 9.36 Å². The Hall–Kier alpha value is -1.82. The van der Waals surface area contributed by atoms with Gasteiger partial charge in [0.2, 0.25) is 5.91 Å². The molecule has 1 aliphatic carbocycles. The van der Waals surface area contributed by atoms with Crippen molar-refractivity contribution in [2.75, 3.05) is 5.75 Å². The molecule has 1 aliphatic rings. The number of carbonyl (C=O) groups excluding carboxylic acids is 1. The molecule has 5 nitrogen and oxygen atoms in total. The lowest BCUT2D eigenvalue weighted by atomic mass is 10.0. The minimum atomic E-state index is 0.0802. The molecule has 1 heterocycles. The van der Waals surface area contributed by atoms with Crippen molar-refractivity contribution >= 4 is 17.7 Å². The third-order valence-corrected chi connectivity index (χ3v) is 5.35. The normalized spacial score (nSPS) is 15.1. The quantitative estimate of drug-likeness (QED) is 0.814. The highest BCUT2D eigenvalue weighted by Crippen LogP contribution is 2.22. The predicted molar refractivity (Wildman–Crippen MR) is 96.6 cm³/mol. The van der Waals surface area contributed by atoms with Crippen LogP contribution in [0.25, 0.3) is 5.69 Å². The largest absolute Gasteiger partial charge is 0.353 e. The molecule has 24 heavy (non-hydrogen) atoms. The lowest BCUT2D eigenvalue weighted by Crippen LogP contribution is -2.33. The smallest absolute Gasteiger partial charge is 0.230 e. The highest BCUT2D eigenvalue weighted by atomic mass is 32.2. The van der Waals surface area contributed by atoms with E-state index in [0.717, 1.165) is 23.7 Å². The van der Waals surface area contributed by atoms with E-state index >= 15 is 0 Å². The fraction of sp³-hybridized carbons (Fsp3) is 0.500. The van der Waals surface area contributed by atoms with Crippen LogP contribution < -0.4 is 5.32 Å². The van der Waals surface area contributed by atoms with Gasteiger partial charge >= 0.3 is 0 Å². The third-order valence-electron chi connectivity index (χ3n) is 4.41. The van der Waals surface area contributed by atoms with Gasteiger partial charge in [0.1, 0.15) is 6.33 Å². The fourth-order valence-electron chi connectivity index (χ4n) is 2.99. The maximum atomic E-state index is 12.1. The summed E-state index contributed by atoms with van der Waals surface area (Å²) in [5.41, 5.74) is 2.32. The maximum absolute atomic E-state index is 12.1. The van der Waals surface area contributed by atoms with Crippen molar-refractivity contribution in [1.29, 1.82) is 0 Å². The summed E-state index contributed by atoms with van der Waals surface area (Å²) >= 11 is 1.43. The number of nitrogens with one attached hydrogen (secondary N) is 1. The molecule has 0 atom stereocenters. The van der Waals surface area contributed by atoms with Crippen molar-refractivity contribution in [2.24, 2.45) is 0 Å². The first-order valence-corrected chi connectivity index (χ1v) is 9.54. The Morgan fingerprint density at radius 1 is 1.29 bits per heavy atom. The second-order valence-electron chi connectivity index (χ2n) is 6.57. The number of carbonyl (C=O) groups is 1. The zero-order valence-electron chi connectivity index (χ0n) is 14.2. The Morgan fingerprint density at radius 2 is 2.00 bits per heavy atom. The van der Waals surface area contributed by atoms with Crippen LogP contribution in [0.5, 0.6) is 0 Å². The van der Waals surface area contributed by atoms with E-state index in [9.17, 15) is 4.79 Å². The van der Waals surface area contributed by atoms with Crippen LogP contribution in [-0.4, -0.2) is 32.5 Å². The van der Waals surface area contributed by atoms with Gasteiger partial charge in [-0.15, -0.1) is 10.2 Å². The molecule has 0 unspecified atom stereocenters. The summed E-state index contributed by atoms with van der Waals surface area (Å²) in [7, 11) is 0. The molecule has 1 N–H and O–H groups in total. The Kier molecular flexibility index (Phi) is 5.56. The van der Waals surface area contributed by atoms with Gasteiger partial charge in [-0.25, -0.2) is 0 Å². The minimum absolute atomic E-state index is 0.0802. The summed E-state index contributed by atoms with van der Waals surface area (Å²) in [6.07, 6.45) is 6.35. The van der Waals surface area contributed by atoms with Crippen molar-refractivity contribution in [2.45, 2.75) is 56.6 Å². The molecule has 0 aliphatic heterocycles. The summed E-state index contributed by atoms with van der Waals surface area (Å²) in [6.45, 7) is 4.36. The van der Waals surface area contributed by atoms with Crippen LogP contribution in [0, 0.1) is 0 Å². The number of thioether (sulfide) groups is 1. The van der Waals surface area contributed by atoms with Crippen LogP contribution in [0.15, 0.2) is 35.7 Å². The molecule has 3 rings (SSSR count). The van der Waals surface area contributed by atoms with Crippen LogP contribution in [0.4, 0.5) is 0 Å². The number of amides is 1. The van der Waals surface area contributed by atoms with Gasteiger partial charge in [0.05, 0.1) is 5.75 Å². The summed E-state index contributed by atoms with van der Waals surface area (Å²) in [5.74, 6) is 0.962. The molecule has 6 heteroatoms. The molecule has 0 saturated heterocycles. The van der Waals surface area contributed by atoms with Gasteiger partial charge in [-0.2, -0.15) is 0 Å². The van der Waals surface area contributed by atoms with Crippen molar-refractivity contribution in [3.63, 3.8) is 0 Å². The van der Waals surface area contributed by atoms with Crippen LogP contribution in [0.2, 0.25) is 0 Å². The fourth-order valence-corrected chi connectivity index (χ4v) is 3.73. The predicted octanol–water partition coefficient (Wildman–Crippen LogP) is 3.54. The molecule has 1 saturated carbocycles. The first kappa shape index (κ1) is 17.0. The molecule has 1 fully saturated rings. The summed E-state index contributed by atoms with van der Waals surface area (Å²) in [6, 6.07) is 8.75. The van der Waals surface area contributed by atoms with E-state index in [1.54, 1.807) is 6.33 Å².